The minimum absolute atomic E-state index is 0.327. The summed E-state index contributed by atoms with van der Waals surface area (Å²) in [6, 6.07) is 3.50. The Bertz CT molecular complexity index is 400. The van der Waals surface area contributed by atoms with Gasteiger partial charge in [0, 0.05) is 36.8 Å². The van der Waals surface area contributed by atoms with Crippen LogP contribution >= 0.6 is 23.2 Å². The van der Waals surface area contributed by atoms with Crippen LogP contribution in [0.15, 0.2) is 12.1 Å². The molecule has 1 rings (SSSR count). The van der Waals surface area contributed by atoms with Gasteiger partial charge >= 0.3 is 0 Å². The average molecular weight is 307 g/mol. The number of rotatable bonds is 8. The molecular weight excluding hydrogens is 287 g/mol. The van der Waals surface area contributed by atoms with Crippen LogP contribution in [0.5, 0.6) is 5.75 Å². The summed E-state index contributed by atoms with van der Waals surface area (Å²) >= 11 is 12.0. The Morgan fingerprint density at radius 3 is 2.58 bits per heavy atom. The Morgan fingerprint density at radius 1 is 1.26 bits per heavy atom. The van der Waals surface area contributed by atoms with E-state index in [0.717, 1.165) is 18.7 Å². The topological polar surface area (TPSA) is 53.5 Å². The molecule has 3 N–H and O–H groups in total. The lowest BCUT2D eigenvalue weighted by molar-refractivity contribution is 0.191. The summed E-state index contributed by atoms with van der Waals surface area (Å²) in [6.45, 7) is 4.52. The molecule has 0 aliphatic rings. The smallest absolute Gasteiger partial charge is 0.142 e. The van der Waals surface area contributed by atoms with Crippen LogP contribution < -0.4 is 15.4 Å². The van der Waals surface area contributed by atoms with E-state index in [-0.39, 0.29) is 6.10 Å². The Labute approximate surface area is 124 Å². The van der Waals surface area contributed by atoms with Crippen LogP contribution in [0.25, 0.3) is 0 Å². The molecule has 0 saturated heterocycles. The van der Waals surface area contributed by atoms with Gasteiger partial charge in [-0.2, -0.15) is 0 Å². The molecule has 0 aliphatic carbocycles. The molecule has 0 unspecified atom stereocenters. The van der Waals surface area contributed by atoms with Crippen molar-refractivity contribution in [3.63, 3.8) is 0 Å². The van der Waals surface area contributed by atoms with Gasteiger partial charge in [0.05, 0.1) is 18.2 Å². The van der Waals surface area contributed by atoms with E-state index in [2.05, 4.69) is 10.6 Å². The monoisotopic (exact) mass is 306 g/mol. The molecule has 108 valence electrons. The predicted molar refractivity (Wildman–Crippen MR) is 79.3 cm³/mol. The Morgan fingerprint density at radius 2 is 1.95 bits per heavy atom. The molecule has 19 heavy (non-hydrogen) atoms. The Balaban J connectivity index is 2.40. The quantitative estimate of drug-likeness (QED) is 0.644. The first-order chi connectivity index (χ1) is 9.04. The molecule has 0 aromatic heterocycles. The highest BCUT2D eigenvalue weighted by Gasteiger charge is 2.09. The molecule has 0 amide bonds. The van der Waals surface area contributed by atoms with Crippen LogP contribution in [0.3, 0.4) is 0 Å². The summed E-state index contributed by atoms with van der Waals surface area (Å²) in [4.78, 5) is 0. The van der Waals surface area contributed by atoms with Gasteiger partial charge < -0.3 is 20.5 Å². The van der Waals surface area contributed by atoms with Crippen molar-refractivity contribution in [1.29, 1.82) is 0 Å². The maximum atomic E-state index is 9.09. The first-order valence-corrected chi connectivity index (χ1v) is 6.91. The van der Waals surface area contributed by atoms with E-state index in [0.29, 0.717) is 28.9 Å². The van der Waals surface area contributed by atoms with Gasteiger partial charge in [-0.25, -0.2) is 0 Å². The van der Waals surface area contributed by atoms with Crippen LogP contribution in [0, 0.1) is 0 Å². The van der Waals surface area contributed by atoms with Crippen LogP contribution in [-0.2, 0) is 6.54 Å². The first kappa shape index (κ1) is 16.5. The molecule has 6 heteroatoms. The van der Waals surface area contributed by atoms with Crippen LogP contribution in [0.4, 0.5) is 0 Å². The SMILES string of the molecule is COc1c(Cl)cc(Cl)cc1CNCCNC[C@@H](C)O. The normalized spacial score (nSPS) is 12.5. The van der Waals surface area contributed by atoms with Crippen molar-refractivity contribution in [3.8, 4) is 5.75 Å². The molecule has 0 radical (unpaired) electrons. The second-order valence-corrected chi connectivity index (χ2v) is 5.15. The zero-order valence-electron chi connectivity index (χ0n) is 11.2. The first-order valence-electron chi connectivity index (χ1n) is 6.16. The number of hydrogen-bond acceptors (Lipinski definition) is 4. The molecule has 4 nitrogen and oxygen atoms in total. The predicted octanol–water partition coefficient (Wildman–Crippen LogP) is 2.06. The van der Waals surface area contributed by atoms with Gasteiger partial charge in [0.15, 0.2) is 0 Å². The van der Waals surface area contributed by atoms with Gasteiger partial charge in [0.2, 0.25) is 0 Å². The van der Waals surface area contributed by atoms with E-state index < -0.39 is 0 Å². The fourth-order valence-electron chi connectivity index (χ4n) is 1.68. The zero-order valence-corrected chi connectivity index (χ0v) is 12.7. The van der Waals surface area contributed by atoms with Crippen molar-refractivity contribution in [2.45, 2.75) is 19.6 Å². The standard InChI is InChI=1S/C13H20Cl2N2O2/c1-9(18)7-16-3-4-17-8-10-5-11(14)6-12(15)13(10)19-2/h5-6,9,16-18H,3-4,7-8H2,1-2H3/t9-/m1/s1. The van der Waals surface area contributed by atoms with E-state index in [1.54, 1.807) is 20.1 Å². The lowest BCUT2D eigenvalue weighted by Gasteiger charge is -2.12. The second kappa shape index (κ2) is 8.61. The van der Waals surface area contributed by atoms with Gasteiger partial charge in [-0.3, -0.25) is 0 Å². The molecule has 0 aliphatic heterocycles. The lowest BCUT2D eigenvalue weighted by Crippen LogP contribution is -2.31. The van der Waals surface area contributed by atoms with Crippen LogP contribution in [0.1, 0.15) is 12.5 Å². The van der Waals surface area contributed by atoms with Crippen molar-refractivity contribution in [2.75, 3.05) is 26.7 Å². The lowest BCUT2D eigenvalue weighted by atomic mass is 10.2. The molecule has 1 aromatic rings. The Kier molecular flexibility index (Phi) is 7.49. The van der Waals surface area contributed by atoms with Crippen LogP contribution in [-0.4, -0.2) is 38.0 Å². The summed E-state index contributed by atoms with van der Waals surface area (Å²) < 4.78 is 5.26. The van der Waals surface area contributed by atoms with E-state index in [4.69, 9.17) is 33.0 Å². The average Bonchev–Trinajstić information content (AvgIpc) is 2.32. The summed E-state index contributed by atoms with van der Waals surface area (Å²) in [5.74, 6) is 0.649. The number of aliphatic hydroxyl groups is 1. The summed E-state index contributed by atoms with van der Waals surface area (Å²) in [7, 11) is 1.59. The molecule has 0 bridgehead atoms. The fraction of sp³-hybridized carbons (Fsp3) is 0.538. The minimum atomic E-state index is -0.327. The van der Waals surface area contributed by atoms with E-state index >= 15 is 0 Å². The largest absolute Gasteiger partial charge is 0.495 e. The molecular formula is C13H20Cl2N2O2. The fourth-order valence-corrected chi connectivity index (χ4v) is 2.30. The van der Waals surface area contributed by atoms with Gasteiger partial charge in [-0.15, -0.1) is 0 Å². The van der Waals surface area contributed by atoms with Gasteiger partial charge in [-0.1, -0.05) is 23.2 Å². The number of halogens is 2. The maximum absolute atomic E-state index is 9.09. The number of hydrogen-bond donors (Lipinski definition) is 3. The zero-order chi connectivity index (χ0) is 14.3. The van der Waals surface area contributed by atoms with Crippen molar-refractivity contribution >= 4 is 23.2 Å². The van der Waals surface area contributed by atoms with Crippen LogP contribution in [0.2, 0.25) is 10.0 Å². The number of benzene rings is 1. The van der Waals surface area contributed by atoms with Crippen molar-refractivity contribution in [1.82, 2.24) is 10.6 Å². The highest BCUT2D eigenvalue weighted by atomic mass is 35.5. The summed E-state index contributed by atoms with van der Waals surface area (Å²) in [5.41, 5.74) is 0.926. The van der Waals surface area contributed by atoms with E-state index in [1.165, 1.54) is 0 Å². The summed E-state index contributed by atoms with van der Waals surface area (Å²) in [5, 5.41) is 16.6. The summed E-state index contributed by atoms with van der Waals surface area (Å²) in [6.07, 6.45) is -0.327. The third-order valence-corrected chi connectivity index (χ3v) is 3.02. The van der Waals surface area contributed by atoms with Crippen molar-refractivity contribution in [2.24, 2.45) is 0 Å². The van der Waals surface area contributed by atoms with Gasteiger partial charge in [-0.05, 0) is 19.1 Å². The second-order valence-electron chi connectivity index (χ2n) is 4.31. The molecule has 1 aromatic carbocycles. The highest BCUT2D eigenvalue weighted by Crippen LogP contribution is 2.31. The number of nitrogens with one attached hydrogen (secondary N) is 2. The molecule has 0 spiro atoms. The maximum Gasteiger partial charge on any atom is 0.142 e. The third-order valence-electron chi connectivity index (χ3n) is 2.52. The third kappa shape index (κ3) is 5.97. The highest BCUT2D eigenvalue weighted by molar-refractivity contribution is 6.35. The van der Waals surface area contributed by atoms with Gasteiger partial charge in [0.1, 0.15) is 5.75 Å². The van der Waals surface area contributed by atoms with Crippen molar-refractivity contribution in [3.05, 3.63) is 27.7 Å². The number of methoxy groups -OCH3 is 1. The molecule has 0 fully saturated rings. The van der Waals surface area contributed by atoms with E-state index in [1.807, 2.05) is 6.07 Å². The minimum Gasteiger partial charge on any atom is -0.495 e. The Hall–Kier alpha value is -0.520. The van der Waals surface area contributed by atoms with E-state index in [9.17, 15) is 0 Å². The molecule has 1 atom stereocenters. The van der Waals surface area contributed by atoms with Gasteiger partial charge in [0.25, 0.3) is 0 Å². The van der Waals surface area contributed by atoms with Crippen molar-refractivity contribution < 1.29 is 9.84 Å². The number of ether oxygens (including phenoxy) is 1. The molecule has 0 heterocycles. The molecule has 0 saturated carbocycles. The number of aliphatic hydroxyl groups excluding tert-OH is 1.